The van der Waals surface area contributed by atoms with E-state index < -0.39 is 0 Å². The fraction of sp³-hybridized carbons (Fsp3) is 0.500. The summed E-state index contributed by atoms with van der Waals surface area (Å²) < 4.78 is 2.83. The Hall–Kier alpha value is -0.790. The summed E-state index contributed by atoms with van der Waals surface area (Å²) in [6.07, 6.45) is 1.93. The van der Waals surface area contributed by atoms with Crippen molar-refractivity contribution in [3.63, 3.8) is 0 Å². The molecule has 1 saturated heterocycles. The molecule has 6 heteroatoms. The lowest BCUT2D eigenvalue weighted by Crippen LogP contribution is -2.31. The first-order valence-electron chi connectivity index (χ1n) is 4.47. The Labute approximate surface area is 95.6 Å². The molecule has 0 bridgehead atoms. The maximum atomic E-state index is 11.2. The SMILES string of the molecule is O=C1NCCN1CCn1ccc(I)n1. The summed E-state index contributed by atoms with van der Waals surface area (Å²) in [5.74, 6) is 0. The summed E-state index contributed by atoms with van der Waals surface area (Å²) in [5.41, 5.74) is 0. The van der Waals surface area contributed by atoms with E-state index in [-0.39, 0.29) is 6.03 Å². The number of nitrogens with one attached hydrogen (secondary N) is 1. The summed E-state index contributed by atoms with van der Waals surface area (Å²) in [5, 5.41) is 7.01. The van der Waals surface area contributed by atoms with Crippen molar-refractivity contribution in [2.75, 3.05) is 19.6 Å². The summed E-state index contributed by atoms with van der Waals surface area (Å²) in [4.78, 5) is 13.0. The predicted molar refractivity (Wildman–Crippen MR) is 59.9 cm³/mol. The Morgan fingerprint density at radius 1 is 1.57 bits per heavy atom. The molecule has 1 N–H and O–H groups in total. The maximum absolute atomic E-state index is 11.2. The molecule has 2 rings (SSSR count). The van der Waals surface area contributed by atoms with Gasteiger partial charge in [-0.15, -0.1) is 0 Å². The average molecular weight is 306 g/mol. The number of urea groups is 1. The second-order valence-electron chi connectivity index (χ2n) is 3.12. The second-order valence-corrected chi connectivity index (χ2v) is 4.23. The van der Waals surface area contributed by atoms with E-state index in [0.29, 0.717) is 0 Å². The van der Waals surface area contributed by atoms with Gasteiger partial charge in [0.05, 0.1) is 6.54 Å². The molecule has 2 amide bonds. The quantitative estimate of drug-likeness (QED) is 0.828. The van der Waals surface area contributed by atoms with Gasteiger partial charge >= 0.3 is 6.03 Å². The van der Waals surface area contributed by atoms with Gasteiger partial charge in [0.25, 0.3) is 0 Å². The Balaban J connectivity index is 1.85. The van der Waals surface area contributed by atoms with E-state index in [4.69, 9.17) is 0 Å². The highest BCUT2D eigenvalue weighted by Gasteiger charge is 2.18. The molecule has 0 radical (unpaired) electrons. The van der Waals surface area contributed by atoms with Gasteiger partial charge in [-0.1, -0.05) is 0 Å². The Morgan fingerprint density at radius 3 is 3.00 bits per heavy atom. The number of carbonyl (C=O) groups excluding carboxylic acids is 1. The number of halogens is 1. The van der Waals surface area contributed by atoms with Gasteiger partial charge in [-0.3, -0.25) is 4.68 Å². The number of hydrogen-bond donors (Lipinski definition) is 1. The first kappa shape index (κ1) is 9.75. The van der Waals surface area contributed by atoms with Crippen molar-refractivity contribution in [1.29, 1.82) is 0 Å². The third kappa shape index (κ3) is 2.17. The largest absolute Gasteiger partial charge is 0.336 e. The molecular weight excluding hydrogens is 295 g/mol. The predicted octanol–water partition coefficient (Wildman–Crippen LogP) is 0.513. The number of hydrogen-bond acceptors (Lipinski definition) is 2. The molecular formula is C8H11IN4O. The van der Waals surface area contributed by atoms with Crippen molar-refractivity contribution in [1.82, 2.24) is 20.0 Å². The Kier molecular flexibility index (Phi) is 2.90. The molecule has 1 aromatic heterocycles. The number of rotatable bonds is 3. The van der Waals surface area contributed by atoms with Gasteiger partial charge in [-0.05, 0) is 28.7 Å². The first-order chi connectivity index (χ1) is 6.75. The molecule has 0 unspecified atom stereocenters. The Morgan fingerprint density at radius 2 is 2.43 bits per heavy atom. The van der Waals surface area contributed by atoms with Gasteiger partial charge in [0.1, 0.15) is 3.70 Å². The summed E-state index contributed by atoms with van der Waals surface area (Å²) >= 11 is 2.17. The van der Waals surface area contributed by atoms with E-state index in [1.165, 1.54) is 0 Å². The van der Waals surface area contributed by atoms with Crippen LogP contribution in [-0.2, 0) is 6.54 Å². The highest BCUT2D eigenvalue weighted by Crippen LogP contribution is 2.01. The minimum atomic E-state index is 0.0341. The molecule has 5 nitrogen and oxygen atoms in total. The van der Waals surface area contributed by atoms with E-state index in [9.17, 15) is 4.79 Å². The zero-order chi connectivity index (χ0) is 9.97. The lowest BCUT2D eigenvalue weighted by Gasteiger charge is -2.13. The lowest BCUT2D eigenvalue weighted by atomic mass is 10.5. The van der Waals surface area contributed by atoms with Crippen molar-refractivity contribution in [2.24, 2.45) is 0 Å². The van der Waals surface area contributed by atoms with Crippen LogP contribution in [0.15, 0.2) is 12.3 Å². The number of nitrogens with zero attached hydrogens (tertiary/aromatic N) is 3. The third-order valence-electron chi connectivity index (χ3n) is 2.15. The molecule has 0 spiro atoms. The van der Waals surface area contributed by atoms with Crippen molar-refractivity contribution in [3.05, 3.63) is 16.0 Å². The van der Waals surface area contributed by atoms with Crippen LogP contribution in [0.25, 0.3) is 0 Å². The maximum Gasteiger partial charge on any atom is 0.317 e. The van der Waals surface area contributed by atoms with Crippen LogP contribution in [0, 0.1) is 3.70 Å². The van der Waals surface area contributed by atoms with Gasteiger partial charge < -0.3 is 10.2 Å². The van der Waals surface area contributed by atoms with Crippen LogP contribution in [0.5, 0.6) is 0 Å². The molecule has 2 heterocycles. The van der Waals surface area contributed by atoms with Crippen molar-refractivity contribution in [3.8, 4) is 0 Å². The summed E-state index contributed by atoms with van der Waals surface area (Å²) in [7, 11) is 0. The minimum Gasteiger partial charge on any atom is -0.336 e. The number of amides is 2. The summed E-state index contributed by atoms with van der Waals surface area (Å²) in [6, 6.07) is 1.98. The van der Waals surface area contributed by atoms with Gasteiger partial charge in [-0.25, -0.2) is 4.79 Å². The number of aromatic nitrogens is 2. The van der Waals surface area contributed by atoms with Crippen LogP contribution in [0.1, 0.15) is 0 Å². The van der Waals surface area contributed by atoms with Crippen LogP contribution >= 0.6 is 22.6 Å². The molecule has 0 atom stereocenters. The smallest absolute Gasteiger partial charge is 0.317 e. The van der Waals surface area contributed by atoms with E-state index in [0.717, 1.165) is 29.9 Å². The lowest BCUT2D eigenvalue weighted by molar-refractivity contribution is 0.215. The summed E-state index contributed by atoms with van der Waals surface area (Å²) in [6.45, 7) is 3.05. The fourth-order valence-electron chi connectivity index (χ4n) is 1.41. The van der Waals surface area contributed by atoms with E-state index in [1.54, 1.807) is 4.90 Å². The van der Waals surface area contributed by atoms with E-state index in [2.05, 4.69) is 33.0 Å². The van der Waals surface area contributed by atoms with Gasteiger partial charge in [0, 0.05) is 25.8 Å². The van der Waals surface area contributed by atoms with Gasteiger partial charge in [-0.2, -0.15) is 5.10 Å². The van der Waals surface area contributed by atoms with Crippen molar-refractivity contribution >= 4 is 28.6 Å². The third-order valence-corrected chi connectivity index (χ3v) is 2.73. The second kappa shape index (κ2) is 4.16. The molecule has 1 aromatic rings. The Bertz CT molecular complexity index is 338. The molecule has 14 heavy (non-hydrogen) atoms. The molecule has 0 aliphatic carbocycles. The van der Waals surface area contributed by atoms with Crippen molar-refractivity contribution < 1.29 is 4.79 Å². The molecule has 1 aliphatic heterocycles. The van der Waals surface area contributed by atoms with Crippen LogP contribution in [0.3, 0.4) is 0 Å². The first-order valence-corrected chi connectivity index (χ1v) is 5.55. The van der Waals surface area contributed by atoms with Gasteiger partial charge in [0.15, 0.2) is 0 Å². The average Bonchev–Trinajstić information content (AvgIpc) is 2.72. The highest BCUT2D eigenvalue weighted by atomic mass is 127. The molecule has 0 saturated carbocycles. The van der Waals surface area contributed by atoms with Gasteiger partial charge in [0.2, 0.25) is 0 Å². The zero-order valence-electron chi connectivity index (χ0n) is 7.61. The van der Waals surface area contributed by atoms with E-state index in [1.807, 2.05) is 16.9 Å². The van der Waals surface area contributed by atoms with Crippen LogP contribution in [-0.4, -0.2) is 40.3 Å². The molecule has 1 aliphatic rings. The number of carbonyl (C=O) groups is 1. The van der Waals surface area contributed by atoms with Crippen LogP contribution < -0.4 is 5.32 Å². The van der Waals surface area contributed by atoms with Crippen LogP contribution in [0.2, 0.25) is 0 Å². The normalized spacial score (nSPS) is 16.1. The standard InChI is InChI=1S/C8H11IN4O/c9-7-1-3-13(11-7)6-5-12-4-2-10-8(12)14/h1,3H,2,4-6H2,(H,10,14). The minimum absolute atomic E-state index is 0.0341. The van der Waals surface area contributed by atoms with Crippen LogP contribution in [0.4, 0.5) is 4.79 Å². The molecule has 0 aromatic carbocycles. The molecule has 76 valence electrons. The monoisotopic (exact) mass is 306 g/mol. The van der Waals surface area contributed by atoms with E-state index >= 15 is 0 Å². The topological polar surface area (TPSA) is 50.2 Å². The zero-order valence-corrected chi connectivity index (χ0v) is 9.77. The molecule has 1 fully saturated rings. The van der Waals surface area contributed by atoms with Crippen molar-refractivity contribution in [2.45, 2.75) is 6.54 Å². The highest BCUT2D eigenvalue weighted by molar-refractivity contribution is 14.1. The fourth-order valence-corrected chi connectivity index (χ4v) is 1.85.